The third-order valence-electron chi connectivity index (χ3n) is 4.25. The van der Waals surface area contributed by atoms with Gasteiger partial charge in [-0.15, -0.1) is 0 Å². The van der Waals surface area contributed by atoms with Crippen molar-refractivity contribution >= 4 is 11.7 Å². The van der Waals surface area contributed by atoms with Gasteiger partial charge in [0, 0.05) is 31.0 Å². The lowest BCUT2D eigenvalue weighted by Crippen LogP contribution is -2.48. The molecular weight excluding hydrogens is 270 g/mol. The van der Waals surface area contributed by atoms with Gasteiger partial charge in [-0.2, -0.15) is 0 Å². The molecule has 2 atom stereocenters. The van der Waals surface area contributed by atoms with Crippen LogP contribution < -0.4 is 5.32 Å². The summed E-state index contributed by atoms with van der Waals surface area (Å²) in [6.45, 7) is 5.33. The Bertz CT molecular complexity index is 535. The van der Waals surface area contributed by atoms with Crippen LogP contribution in [0.5, 0.6) is 0 Å². The highest BCUT2D eigenvalue weighted by Crippen LogP contribution is 2.23. The molecular formula is C15H21N3O3. The molecule has 6 heteroatoms. The van der Waals surface area contributed by atoms with E-state index in [2.05, 4.69) is 15.2 Å². The molecule has 0 radical (unpaired) electrons. The van der Waals surface area contributed by atoms with Crippen LogP contribution in [0.25, 0.3) is 0 Å². The number of hydrogen-bond acceptors (Lipinski definition) is 5. The van der Waals surface area contributed by atoms with Crippen molar-refractivity contribution in [1.29, 1.82) is 0 Å². The average molecular weight is 291 g/mol. The Morgan fingerprint density at radius 1 is 1.62 bits per heavy atom. The predicted molar refractivity (Wildman–Crippen MR) is 78.8 cm³/mol. The number of nitrogens with one attached hydrogen (secondary N) is 1. The van der Waals surface area contributed by atoms with Crippen LogP contribution in [0.1, 0.15) is 28.9 Å². The first-order chi connectivity index (χ1) is 10.1. The molecule has 3 rings (SSSR count). The minimum Gasteiger partial charge on any atom is -0.478 e. The molecule has 3 heterocycles. The molecule has 0 aliphatic carbocycles. The molecule has 0 saturated carbocycles. The van der Waals surface area contributed by atoms with Gasteiger partial charge in [0.2, 0.25) is 0 Å². The van der Waals surface area contributed by atoms with Gasteiger partial charge in [0.1, 0.15) is 5.56 Å². The van der Waals surface area contributed by atoms with Crippen LogP contribution in [0.4, 0.5) is 5.69 Å². The second kappa shape index (κ2) is 5.99. The first kappa shape index (κ1) is 14.3. The standard InChI is InChI=1S/C15H21N3O3/c1-10-5-14(13(7-16-10)15(19)20)17-6-12-8-18-4-2-3-11(18)9-21-12/h5,7,11-12H,2-4,6,8-9H2,1H3,(H,16,17)(H,19,20). The first-order valence-corrected chi connectivity index (χ1v) is 7.43. The molecule has 2 unspecified atom stereocenters. The Balaban J connectivity index is 1.62. The quantitative estimate of drug-likeness (QED) is 0.872. The van der Waals surface area contributed by atoms with E-state index in [0.717, 1.165) is 25.4 Å². The van der Waals surface area contributed by atoms with E-state index in [9.17, 15) is 9.90 Å². The summed E-state index contributed by atoms with van der Waals surface area (Å²) in [4.78, 5) is 17.7. The van der Waals surface area contributed by atoms with Crippen molar-refractivity contribution in [2.45, 2.75) is 31.9 Å². The summed E-state index contributed by atoms with van der Waals surface area (Å²) < 4.78 is 5.88. The highest BCUT2D eigenvalue weighted by atomic mass is 16.5. The third kappa shape index (κ3) is 3.16. The largest absolute Gasteiger partial charge is 0.478 e. The van der Waals surface area contributed by atoms with Gasteiger partial charge in [0.05, 0.1) is 18.4 Å². The zero-order chi connectivity index (χ0) is 14.8. The number of ether oxygens (including phenoxy) is 1. The molecule has 6 nitrogen and oxygen atoms in total. The van der Waals surface area contributed by atoms with E-state index in [1.807, 2.05) is 6.92 Å². The number of morpholine rings is 1. The summed E-state index contributed by atoms with van der Waals surface area (Å²) >= 11 is 0. The molecule has 0 spiro atoms. The van der Waals surface area contributed by atoms with Crippen molar-refractivity contribution in [2.75, 3.05) is 31.6 Å². The van der Waals surface area contributed by atoms with E-state index in [0.29, 0.717) is 18.3 Å². The molecule has 0 aromatic carbocycles. The van der Waals surface area contributed by atoms with Gasteiger partial charge >= 0.3 is 5.97 Å². The second-order valence-corrected chi connectivity index (χ2v) is 5.80. The summed E-state index contributed by atoms with van der Waals surface area (Å²) in [6.07, 6.45) is 3.99. The lowest BCUT2D eigenvalue weighted by Gasteiger charge is -2.35. The van der Waals surface area contributed by atoms with Gasteiger partial charge in [-0.3, -0.25) is 9.88 Å². The van der Waals surface area contributed by atoms with E-state index in [1.54, 1.807) is 6.07 Å². The molecule has 2 aliphatic rings. The fraction of sp³-hybridized carbons (Fsp3) is 0.600. The summed E-state index contributed by atoms with van der Waals surface area (Å²) in [7, 11) is 0. The van der Waals surface area contributed by atoms with Gasteiger partial charge in [-0.25, -0.2) is 4.79 Å². The van der Waals surface area contributed by atoms with Gasteiger partial charge in [0.25, 0.3) is 0 Å². The van der Waals surface area contributed by atoms with Crippen molar-refractivity contribution < 1.29 is 14.6 Å². The molecule has 2 N–H and O–H groups in total. The maximum atomic E-state index is 11.2. The number of carboxylic acid groups (broad SMARTS) is 1. The Morgan fingerprint density at radius 2 is 2.48 bits per heavy atom. The highest BCUT2D eigenvalue weighted by molar-refractivity contribution is 5.93. The number of pyridine rings is 1. The number of carbonyl (C=O) groups is 1. The van der Waals surface area contributed by atoms with Crippen molar-refractivity contribution in [1.82, 2.24) is 9.88 Å². The topological polar surface area (TPSA) is 74.7 Å². The summed E-state index contributed by atoms with van der Waals surface area (Å²) in [5, 5.41) is 12.4. The van der Waals surface area contributed by atoms with E-state index >= 15 is 0 Å². The number of fused-ring (bicyclic) bond motifs is 1. The van der Waals surface area contributed by atoms with Crippen LogP contribution in [0.3, 0.4) is 0 Å². The number of rotatable bonds is 4. The second-order valence-electron chi connectivity index (χ2n) is 5.80. The average Bonchev–Trinajstić information content (AvgIpc) is 2.92. The molecule has 0 amide bonds. The first-order valence-electron chi connectivity index (χ1n) is 7.43. The predicted octanol–water partition coefficient (Wildman–Crippen LogP) is 1.36. The van der Waals surface area contributed by atoms with Crippen LogP contribution in [0.2, 0.25) is 0 Å². The zero-order valence-corrected chi connectivity index (χ0v) is 12.2. The Labute approximate surface area is 124 Å². The summed E-state index contributed by atoms with van der Waals surface area (Å²) in [5.74, 6) is -0.964. The smallest absolute Gasteiger partial charge is 0.339 e. The number of anilines is 1. The van der Waals surface area contributed by atoms with Crippen molar-refractivity contribution in [2.24, 2.45) is 0 Å². The van der Waals surface area contributed by atoms with Crippen molar-refractivity contribution in [3.8, 4) is 0 Å². The Morgan fingerprint density at radius 3 is 3.29 bits per heavy atom. The summed E-state index contributed by atoms with van der Waals surface area (Å²) in [6, 6.07) is 2.35. The minimum atomic E-state index is -0.964. The number of carboxylic acids is 1. The molecule has 2 saturated heterocycles. The van der Waals surface area contributed by atoms with E-state index in [-0.39, 0.29) is 11.7 Å². The lowest BCUT2D eigenvalue weighted by atomic mass is 10.1. The van der Waals surface area contributed by atoms with Gasteiger partial charge < -0.3 is 15.2 Å². The van der Waals surface area contributed by atoms with Gasteiger partial charge in [-0.1, -0.05) is 0 Å². The molecule has 21 heavy (non-hydrogen) atoms. The molecule has 0 bridgehead atoms. The van der Waals surface area contributed by atoms with Crippen LogP contribution in [-0.4, -0.2) is 59.3 Å². The monoisotopic (exact) mass is 291 g/mol. The summed E-state index contributed by atoms with van der Waals surface area (Å²) in [5.41, 5.74) is 1.62. The number of aromatic nitrogens is 1. The SMILES string of the molecule is Cc1cc(NCC2CN3CCCC3CO2)c(C(=O)O)cn1. The van der Waals surface area contributed by atoms with E-state index in [1.165, 1.54) is 19.0 Å². The fourth-order valence-electron chi connectivity index (χ4n) is 3.11. The lowest BCUT2D eigenvalue weighted by molar-refractivity contribution is -0.0415. The van der Waals surface area contributed by atoms with Crippen molar-refractivity contribution in [3.63, 3.8) is 0 Å². The molecule has 2 fully saturated rings. The third-order valence-corrected chi connectivity index (χ3v) is 4.25. The normalized spacial score (nSPS) is 25.6. The Hall–Kier alpha value is -1.66. The molecule has 1 aromatic heterocycles. The van der Waals surface area contributed by atoms with Crippen LogP contribution in [-0.2, 0) is 4.74 Å². The number of aromatic carboxylic acids is 1. The maximum absolute atomic E-state index is 11.2. The van der Waals surface area contributed by atoms with Gasteiger partial charge in [0.15, 0.2) is 0 Å². The maximum Gasteiger partial charge on any atom is 0.339 e. The van der Waals surface area contributed by atoms with Crippen LogP contribution in [0.15, 0.2) is 12.3 Å². The number of hydrogen-bond donors (Lipinski definition) is 2. The molecule has 114 valence electrons. The number of aryl methyl sites for hydroxylation is 1. The molecule has 2 aliphatic heterocycles. The minimum absolute atomic E-state index is 0.106. The van der Waals surface area contributed by atoms with Gasteiger partial charge in [-0.05, 0) is 32.4 Å². The van der Waals surface area contributed by atoms with E-state index in [4.69, 9.17) is 4.74 Å². The molecule has 1 aromatic rings. The zero-order valence-electron chi connectivity index (χ0n) is 12.2. The number of nitrogens with zero attached hydrogens (tertiary/aromatic N) is 2. The highest BCUT2D eigenvalue weighted by Gasteiger charge is 2.32. The van der Waals surface area contributed by atoms with Crippen molar-refractivity contribution in [3.05, 3.63) is 23.5 Å². The Kier molecular flexibility index (Phi) is 4.07. The van der Waals surface area contributed by atoms with E-state index < -0.39 is 5.97 Å². The fourth-order valence-corrected chi connectivity index (χ4v) is 3.11. The van der Waals surface area contributed by atoms with Crippen LogP contribution in [0, 0.1) is 6.92 Å². The van der Waals surface area contributed by atoms with Crippen LogP contribution >= 0.6 is 0 Å².